The minimum Gasteiger partial charge on any atom is -0.383 e. The quantitative estimate of drug-likeness (QED) is 0.545. The number of rotatable bonds is 7. The molecule has 0 aliphatic heterocycles. The third-order valence-corrected chi connectivity index (χ3v) is 4.68. The second-order valence-electron chi connectivity index (χ2n) is 6.81. The molecule has 1 aromatic heterocycles. The summed E-state index contributed by atoms with van der Waals surface area (Å²) >= 11 is 0. The van der Waals surface area contributed by atoms with Crippen LogP contribution in [0.25, 0.3) is 0 Å². The molecule has 140 valence electrons. The number of ketones is 1. The van der Waals surface area contributed by atoms with Gasteiger partial charge in [0.25, 0.3) is 5.91 Å². The van der Waals surface area contributed by atoms with E-state index in [-0.39, 0.29) is 11.7 Å². The summed E-state index contributed by atoms with van der Waals surface area (Å²) in [5, 5.41) is 6.13. The number of allylic oxidation sites excluding steroid dienone is 1. The van der Waals surface area contributed by atoms with Crippen LogP contribution in [0.5, 0.6) is 0 Å². The lowest BCUT2D eigenvalue weighted by molar-refractivity contribution is 0.100. The van der Waals surface area contributed by atoms with Crippen molar-refractivity contribution in [1.82, 2.24) is 4.98 Å². The van der Waals surface area contributed by atoms with Crippen molar-refractivity contribution in [2.45, 2.75) is 39.0 Å². The molecule has 3 rings (SSSR count). The van der Waals surface area contributed by atoms with E-state index in [1.165, 1.54) is 38.2 Å². The number of anilines is 2. The molecule has 0 spiro atoms. The number of nitrogens with one attached hydrogen (secondary N) is 2. The first-order chi connectivity index (χ1) is 13.1. The van der Waals surface area contributed by atoms with Crippen LogP contribution in [0.1, 0.15) is 59.9 Å². The minimum absolute atomic E-state index is 0.0383. The molecule has 0 saturated heterocycles. The number of amides is 1. The van der Waals surface area contributed by atoms with E-state index in [4.69, 9.17) is 0 Å². The van der Waals surface area contributed by atoms with E-state index in [1.807, 2.05) is 6.07 Å². The third kappa shape index (κ3) is 5.51. The van der Waals surface area contributed by atoms with Crippen LogP contribution in [0.2, 0.25) is 0 Å². The van der Waals surface area contributed by atoms with Gasteiger partial charge in [0, 0.05) is 17.8 Å². The van der Waals surface area contributed by atoms with Crippen LogP contribution >= 0.6 is 0 Å². The van der Waals surface area contributed by atoms with Gasteiger partial charge in [-0.25, -0.2) is 4.98 Å². The summed E-state index contributed by atoms with van der Waals surface area (Å²) in [5.41, 5.74) is 3.92. The molecule has 27 heavy (non-hydrogen) atoms. The highest BCUT2D eigenvalue weighted by Gasteiger charge is 2.09. The number of pyridine rings is 1. The number of nitrogens with zero attached hydrogens (tertiary/aromatic N) is 1. The summed E-state index contributed by atoms with van der Waals surface area (Å²) in [6, 6.07) is 10.4. The van der Waals surface area contributed by atoms with Gasteiger partial charge in [-0.15, -0.1) is 0 Å². The Labute approximate surface area is 159 Å². The van der Waals surface area contributed by atoms with Gasteiger partial charge >= 0.3 is 0 Å². The highest BCUT2D eigenvalue weighted by atomic mass is 16.2. The summed E-state index contributed by atoms with van der Waals surface area (Å²) in [6.45, 7) is 2.37. The molecular formula is C22H25N3O2. The molecule has 2 aromatic rings. The van der Waals surface area contributed by atoms with Crippen LogP contribution in [0.15, 0.2) is 54.2 Å². The average molecular weight is 363 g/mol. The number of carbonyl (C=O) groups excluding carboxylic acids is 2. The van der Waals surface area contributed by atoms with Crippen LogP contribution in [-0.4, -0.2) is 23.2 Å². The lowest BCUT2D eigenvalue weighted by Crippen LogP contribution is -2.14. The first-order valence-electron chi connectivity index (χ1n) is 9.42. The van der Waals surface area contributed by atoms with E-state index >= 15 is 0 Å². The van der Waals surface area contributed by atoms with Crippen molar-refractivity contribution in [3.63, 3.8) is 0 Å². The molecule has 2 N–H and O–H groups in total. The van der Waals surface area contributed by atoms with Crippen LogP contribution in [-0.2, 0) is 0 Å². The lowest BCUT2D eigenvalue weighted by atomic mass is 9.97. The molecule has 1 amide bonds. The molecule has 1 aliphatic carbocycles. The normalized spacial score (nSPS) is 13.6. The van der Waals surface area contributed by atoms with E-state index in [1.54, 1.807) is 36.5 Å². The second kappa shape index (κ2) is 9.12. The topological polar surface area (TPSA) is 71.1 Å². The fourth-order valence-electron chi connectivity index (χ4n) is 3.14. The summed E-state index contributed by atoms with van der Waals surface area (Å²) in [4.78, 5) is 28.0. The second-order valence-corrected chi connectivity index (χ2v) is 6.81. The molecule has 0 unspecified atom stereocenters. The minimum atomic E-state index is -0.297. The first kappa shape index (κ1) is 18.8. The molecule has 0 fully saturated rings. The molecule has 0 bridgehead atoms. The molecule has 1 heterocycles. The Kier molecular flexibility index (Phi) is 6.36. The molecule has 0 atom stereocenters. The predicted octanol–water partition coefficient (Wildman–Crippen LogP) is 4.84. The van der Waals surface area contributed by atoms with E-state index in [0.717, 1.165) is 18.7 Å². The average Bonchev–Trinajstić information content (AvgIpc) is 2.69. The maximum Gasteiger partial charge on any atom is 0.274 e. The predicted molar refractivity (Wildman–Crippen MR) is 108 cm³/mol. The van der Waals surface area contributed by atoms with Crippen LogP contribution in [0.3, 0.4) is 0 Å². The zero-order valence-electron chi connectivity index (χ0n) is 15.6. The molecule has 5 nitrogen and oxygen atoms in total. The fraction of sp³-hybridized carbons (Fsp3) is 0.318. The van der Waals surface area contributed by atoms with Crippen LogP contribution < -0.4 is 10.6 Å². The number of carbonyl (C=O) groups is 2. The Morgan fingerprint density at radius 1 is 1.11 bits per heavy atom. The Bertz CT molecular complexity index is 841. The number of hydrogen-bond acceptors (Lipinski definition) is 4. The summed E-state index contributed by atoms with van der Waals surface area (Å²) in [5.74, 6) is -0.335. The Balaban J connectivity index is 1.53. The van der Waals surface area contributed by atoms with Crippen molar-refractivity contribution >= 4 is 23.1 Å². The van der Waals surface area contributed by atoms with Crippen LogP contribution in [0.4, 0.5) is 11.4 Å². The molecule has 5 heteroatoms. The molecule has 0 radical (unpaired) electrons. The molecule has 1 aromatic carbocycles. The SMILES string of the molecule is CC(=O)c1cccc(NC(=O)c2ccc(NCCC3=CCCCC3)cn2)c1. The number of hydrogen-bond donors (Lipinski definition) is 2. The zero-order chi connectivity index (χ0) is 19.1. The van der Waals surface area contributed by atoms with Crippen molar-refractivity contribution < 1.29 is 9.59 Å². The smallest absolute Gasteiger partial charge is 0.274 e. The van der Waals surface area contributed by atoms with Gasteiger partial charge in [0.1, 0.15) is 5.69 Å². The fourth-order valence-corrected chi connectivity index (χ4v) is 3.14. The maximum atomic E-state index is 12.3. The van der Waals surface area contributed by atoms with Crippen molar-refractivity contribution in [2.75, 3.05) is 17.2 Å². The van der Waals surface area contributed by atoms with Crippen molar-refractivity contribution in [3.8, 4) is 0 Å². The molecular weight excluding hydrogens is 338 g/mol. The van der Waals surface area contributed by atoms with Gasteiger partial charge in [-0.3, -0.25) is 9.59 Å². The number of Topliss-reactive ketones (excluding diaryl/α,β-unsaturated/α-hetero) is 1. The van der Waals surface area contributed by atoms with Gasteiger partial charge < -0.3 is 10.6 Å². The summed E-state index contributed by atoms with van der Waals surface area (Å²) < 4.78 is 0. The third-order valence-electron chi connectivity index (χ3n) is 4.68. The van der Waals surface area contributed by atoms with Gasteiger partial charge in [-0.05, 0) is 63.3 Å². The van der Waals surface area contributed by atoms with Gasteiger partial charge in [0.15, 0.2) is 5.78 Å². The Hall–Kier alpha value is -2.95. The van der Waals surface area contributed by atoms with E-state index in [9.17, 15) is 9.59 Å². The standard InChI is InChI=1S/C22H25N3O2/c1-16(26)18-8-5-9-19(14-18)25-22(27)21-11-10-20(15-24-21)23-13-12-17-6-3-2-4-7-17/h5-6,8-11,14-15,23H,2-4,7,12-13H2,1H3,(H,25,27). The van der Waals surface area contributed by atoms with Gasteiger partial charge in [-0.1, -0.05) is 23.8 Å². The largest absolute Gasteiger partial charge is 0.383 e. The van der Waals surface area contributed by atoms with E-state index in [0.29, 0.717) is 16.9 Å². The van der Waals surface area contributed by atoms with Crippen molar-refractivity contribution in [3.05, 3.63) is 65.5 Å². The summed E-state index contributed by atoms with van der Waals surface area (Å²) in [6.07, 6.45) is 10.1. The maximum absolute atomic E-state index is 12.3. The van der Waals surface area contributed by atoms with Gasteiger partial charge in [0.05, 0.1) is 11.9 Å². The Morgan fingerprint density at radius 2 is 2.00 bits per heavy atom. The molecule has 1 aliphatic rings. The zero-order valence-corrected chi connectivity index (χ0v) is 15.6. The van der Waals surface area contributed by atoms with Crippen molar-refractivity contribution in [2.24, 2.45) is 0 Å². The molecule has 0 saturated carbocycles. The first-order valence-corrected chi connectivity index (χ1v) is 9.42. The van der Waals surface area contributed by atoms with Gasteiger partial charge in [-0.2, -0.15) is 0 Å². The van der Waals surface area contributed by atoms with Crippen molar-refractivity contribution in [1.29, 1.82) is 0 Å². The number of aromatic nitrogens is 1. The van der Waals surface area contributed by atoms with Gasteiger partial charge in [0.2, 0.25) is 0 Å². The van der Waals surface area contributed by atoms with E-state index in [2.05, 4.69) is 21.7 Å². The lowest BCUT2D eigenvalue weighted by Gasteiger charge is -2.13. The van der Waals surface area contributed by atoms with Crippen LogP contribution in [0, 0.1) is 0 Å². The Morgan fingerprint density at radius 3 is 2.70 bits per heavy atom. The highest BCUT2D eigenvalue weighted by Crippen LogP contribution is 2.20. The highest BCUT2D eigenvalue weighted by molar-refractivity contribution is 6.04. The monoisotopic (exact) mass is 363 g/mol. The van der Waals surface area contributed by atoms with E-state index < -0.39 is 0 Å². The summed E-state index contributed by atoms with van der Waals surface area (Å²) in [7, 11) is 0. The number of benzene rings is 1.